The number of hydrogen-bond acceptors (Lipinski definition) is 3. The molecule has 1 aliphatic carbocycles. The van der Waals surface area contributed by atoms with E-state index in [9.17, 15) is 13.2 Å². The minimum absolute atomic E-state index is 0. The van der Waals surface area contributed by atoms with Gasteiger partial charge in [0.25, 0.3) is 0 Å². The predicted octanol–water partition coefficient (Wildman–Crippen LogP) is 3.09. The number of guanidine groups is 1. The molecule has 11 heteroatoms. The summed E-state index contributed by atoms with van der Waals surface area (Å²) in [4.78, 5) is 4.09. The van der Waals surface area contributed by atoms with E-state index in [1.54, 1.807) is 7.05 Å². The van der Waals surface area contributed by atoms with Gasteiger partial charge < -0.3 is 10.6 Å². The zero-order chi connectivity index (χ0) is 17.5. The molecule has 2 aromatic heterocycles. The van der Waals surface area contributed by atoms with Gasteiger partial charge in [0.2, 0.25) is 0 Å². The number of alkyl halides is 3. The predicted molar refractivity (Wildman–Crippen MR) is 99.3 cm³/mol. The summed E-state index contributed by atoms with van der Waals surface area (Å²) in [5, 5.41) is 13.9. The number of rotatable bonds is 3. The highest BCUT2D eigenvalue weighted by atomic mass is 127. The van der Waals surface area contributed by atoms with Crippen LogP contribution in [-0.2, 0) is 12.7 Å². The fourth-order valence-electron chi connectivity index (χ4n) is 2.33. The zero-order valence-corrected chi connectivity index (χ0v) is 16.5. The van der Waals surface area contributed by atoms with Gasteiger partial charge in [-0.05, 0) is 18.4 Å². The number of fused-ring (bicyclic) bond motifs is 1. The van der Waals surface area contributed by atoms with E-state index in [0.717, 1.165) is 18.7 Å². The molecule has 1 saturated carbocycles. The largest absolute Gasteiger partial charge is 0.417 e. The molecule has 0 saturated heterocycles. The number of hydrogen-bond donors (Lipinski definition) is 2. The average Bonchev–Trinajstić information content (AvgIpc) is 3.04. The lowest BCUT2D eigenvalue weighted by Crippen LogP contribution is -2.39. The van der Waals surface area contributed by atoms with Crippen molar-refractivity contribution in [2.75, 3.05) is 7.05 Å². The third-order valence-electron chi connectivity index (χ3n) is 3.93. The van der Waals surface area contributed by atoms with Crippen LogP contribution in [0.25, 0.3) is 5.65 Å². The lowest BCUT2D eigenvalue weighted by atomic mass is 10.3. The van der Waals surface area contributed by atoms with Gasteiger partial charge in [0.1, 0.15) is 0 Å². The molecular weight excluding hydrogens is 472 g/mol. The first-order valence-electron chi connectivity index (χ1n) is 7.37. The molecule has 0 bridgehead atoms. The minimum Gasteiger partial charge on any atom is -0.353 e. The topological polar surface area (TPSA) is 66.6 Å². The van der Waals surface area contributed by atoms with Gasteiger partial charge in [-0.25, -0.2) is 0 Å². The number of nitrogens with zero attached hydrogens (tertiary/aromatic N) is 4. The summed E-state index contributed by atoms with van der Waals surface area (Å²) in [6.07, 6.45) is -2.48. The van der Waals surface area contributed by atoms with Crippen LogP contribution in [0.3, 0.4) is 0 Å². The second kappa shape index (κ2) is 7.52. The van der Waals surface area contributed by atoms with Crippen molar-refractivity contribution in [3.05, 3.63) is 28.7 Å². The van der Waals surface area contributed by atoms with Crippen molar-refractivity contribution < 1.29 is 13.2 Å². The number of nitrogens with one attached hydrogen (secondary N) is 2. The third-order valence-corrected chi connectivity index (χ3v) is 4.21. The van der Waals surface area contributed by atoms with Gasteiger partial charge in [-0.1, -0.05) is 18.5 Å². The molecule has 138 valence electrons. The monoisotopic (exact) mass is 488 g/mol. The van der Waals surface area contributed by atoms with Crippen molar-refractivity contribution >= 4 is 47.2 Å². The maximum atomic E-state index is 12.9. The van der Waals surface area contributed by atoms with Gasteiger partial charge in [0, 0.05) is 19.3 Å². The van der Waals surface area contributed by atoms with Crippen LogP contribution >= 0.6 is 35.6 Å². The van der Waals surface area contributed by atoms with Crippen molar-refractivity contribution in [1.29, 1.82) is 0 Å². The Bertz CT molecular complexity index is 791. The molecule has 2 heterocycles. The van der Waals surface area contributed by atoms with E-state index in [2.05, 4.69) is 32.7 Å². The Kier molecular flexibility index (Phi) is 6.02. The van der Waals surface area contributed by atoms with Gasteiger partial charge in [-0.15, -0.1) is 34.2 Å². The van der Waals surface area contributed by atoms with E-state index in [4.69, 9.17) is 11.6 Å². The normalized spacial score (nSPS) is 20.3. The van der Waals surface area contributed by atoms with Crippen molar-refractivity contribution in [3.63, 3.8) is 0 Å². The molecule has 3 rings (SSSR count). The van der Waals surface area contributed by atoms with Gasteiger partial charge in [0.15, 0.2) is 17.4 Å². The highest BCUT2D eigenvalue weighted by Gasteiger charge is 2.33. The minimum atomic E-state index is -4.49. The van der Waals surface area contributed by atoms with E-state index >= 15 is 0 Å². The Hall–Kier alpha value is -1.30. The molecule has 0 spiro atoms. The SMILES string of the molecule is CN=C(NCc1nnc2c(Cl)cc(C(F)(F)F)cn12)NC1CC1C.I. The third kappa shape index (κ3) is 4.46. The van der Waals surface area contributed by atoms with Gasteiger partial charge in [-0.2, -0.15) is 13.2 Å². The van der Waals surface area contributed by atoms with Crippen LogP contribution in [0, 0.1) is 5.92 Å². The van der Waals surface area contributed by atoms with E-state index < -0.39 is 11.7 Å². The summed E-state index contributed by atoms with van der Waals surface area (Å²) in [6, 6.07) is 1.22. The fraction of sp³-hybridized carbons (Fsp3) is 0.500. The summed E-state index contributed by atoms with van der Waals surface area (Å²) in [6.45, 7) is 2.29. The second-order valence-corrected chi connectivity index (χ2v) is 6.18. The lowest BCUT2D eigenvalue weighted by Gasteiger charge is -2.11. The summed E-state index contributed by atoms with van der Waals surface area (Å²) < 4.78 is 40.0. The van der Waals surface area contributed by atoms with Crippen molar-refractivity contribution in [2.45, 2.75) is 32.1 Å². The summed E-state index contributed by atoms with van der Waals surface area (Å²) >= 11 is 5.88. The Morgan fingerprint density at radius 3 is 2.68 bits per heavy atom. The van der Waals surface area contributed by atoms with E-state index in [1.807, 2.05) is 0 Å². The first kappa shape index (κ1) is 20.0. The Labute approximate surface area is 164 Å². The van der Waals surface area contributed by atoms with Gasteiger partial charge in [-0.3, -0.25) is 9.39 Å². The zero-order valence-electron chi connectivity index (χ0n) is 13.4. The molecule has 0 amide bonds. The van der Waals surface area contributed by atoms with E-state index in [-0.39, 0.29) is 41.2 Å². The number of aromatic nitrogens is 3. The number of aliphatic imine (C=N–C) groups is 1. The van der Waals surface area contributed by atoms with Crippen molar-refractivity contribution in [3.8, 4) is 0 Å². The molecule has 1 fully saturated rings. The average molecular weight is 489 g/mol. The van der Waals surface area contributed by atoms with Gasteiger partial charge >= 0.3 is 6.18 Å². The molecule has 0 radical (unpaired) electrons. The van der Waals surface area contributed by atoms with E-state index in [1.165, 1.54) is 4.40 Å². The highest BCUT2D eigenvalue weighted by molar-refractivity contribution is 14.0. The number of pyridine rings is 1. The second-order valence-electron chi connectivity index (χ2n) is 5.77. The van der Waals surface area contributed by atoms with Crippen molar-refractivity contribution in [2.24, 2.45) is 10.9 Å². The van der Waals surface area contributed by atoms with Gasteiger partial charge in [0.05, 0.1) is 17.1 Å². The number of halogens is 5. The molecule has 2 N–H and O–H groups in total. The molecule has 25 heavy (non-hydrogen) atoms. The molecule has 2 atom stereocenters. The van der Waals surface area contributed by atoms with E-state index in [0.29, 0.717) is 23.7 Å². The molecule has 0 aliphatic heterocycles. The molecule has 0 aromatic carbocycles. The fourth-order valence-corrected chi connectivity index (χ4v) is 2.58. The van der Waals surface area contributed by atoms with Crippen LogP contribution in [0.4, 0.5) is 13.2 Å². The standard InChI is InChI=1S/C14H16ClF3N6.HI/c1-7-3-10(7)21-13(19-2)20-5-11-22-23-12-9(15)4-8(6-24(11)12)14(16,17)18;/h4,6-7,10H,3,5H2,1-2H3,(H2,19,20,21);1H. The Morgan fingerprint density at radius 2 is 2.12 bits per heavy atom. The van der Waals surface area contributed by atoms with Crippen LogP contribution in [0.5, 0.6) is 0 Å². The van der Waals surface area contributed by atoms with Crippen LogP contribution < -0.4 is 10.6 Å². The Morgan fingerprint density at radius 1 is 1.44 bits per heavy atom. The quantitative estimate of drug-likeness (QED) is 0.396. The first-order valence-corrected chi connectivity index (χ1v) is 7.75. The van der Waals surface area contributed by atoms with Crippen LogP contribution in [0.2, 0.25) is 5.02 Å². The molecule has 1 aliphatic rings. The highest BCUT2D eigenvalue weighted by Crippen LogP contribution is 2.32. The van der Waals surface area contributed by atoms with Crippen LogP contribution in [-0.4, -0.2) is 33.6 Å². The summed E-state index contributed by atoms with van der Waals surface area (Å²) in [5.41, 5.74) is -0.671. The van der Waals surface area contributed by atoms with Crippen LogP contribution in [0.1, 0.15) is 24.7 Å². The molecule has 2 unspecified atom stereocenters. The summed E-state index contributed by atoms with van der Waals surface area (Å²) in [7, 11) is 1.63. The van der Waals surface area contributed by atoms with Crippen LogP contribution in [0.15, 0.2) is 17.3 Å². The first-order chi connectivity index (χ1) is 11.3. The van der Waals surface area contributed by atoms with Crippen molar-refractivity contribution in [1.82, 2.24) is 25.2 Å². The maximum Gasteiger partial charge on any atom is 0.417 e. The molecule has 2 aromatic rings. The Balaban J connectivity index is 0.00000225. The smallest absolute Gasteiger partial charge is 0.353 e. The molecule has 6 nitrogen and oxygen atoms in total. The lowest BCUT2D eigenvalue weighted by molar-refractivity contribution is -0.137. The maximum absolute atomic E-state index is 12.9. The molecular formula is C14H17ClF3IN6. The summed E-state index contributed by atoms with van der Waals surface area (Å²) in [5.74, 6) is 1.47.